The van der Waals surface area contributed by atoms with E-state index in [1.165, 1.54) is 0 Å². The third kappa shape index (κ3) is 5.72. The average molecular weight is 355 g/mol. The number of carbonyl (C=O) groups excluding carboxylic acids is 4. The molecule has 0 aromatic rings. The molecule has 0 saturated carbocycles. The average Bonchev–Trinajstić information content (AvgIpc) is 2.76. The van der Waals surface area contributed by atoms with Crippen LogP contribution in [0.1, 0.15) is 53.4 Å². The van der Waals surface area contributed by atoms with Gasteiger partial charge < -0.3 is 15.4 Å². The number of hydrogen-bond donors (Lipinski definition) is 2. The van der Waals surface area contributed by atoms with Gasteiger partial charge in [-0.3, -0.25) is 19.3 Å². The summed E-state index contributed by atoms with van der Waals surface area (Å²) >= 11 is 0. The molecule has 0 aromatic carbocycles. The van der Waals surface area contributed by atoms with E-state index in [-0.39, 0.29) is 5.92 Å². The lowest BCUT2D eigenvalue weighted by molar-refractivity contribution is -0.151. The maximum absolute atomic E-state index is 12.6. The Morgan fingerprint density at radius 3 is 2.32 bits per heavy atom. The summed E-state index contributed by atoms with van der Waals surface area (Å²) in [5, 5.41) is 5.34. The van der Waals surface area contributed by atoms with Crippen LogP contribution < -0.4 is 10.6 Å². The van der Waals surface area contributed by atoms with Gasteiger partial charge in [0.1, 0.15) is 12.1 Å². The van der Waals surface area contributed by atoms with Crippen LogP contribution in [-0.2, 0) is 19.1 Å². The van der Waals surface area contributed by atoms with Crippen LogP contribution in [0.5, 0.6) is 0 Å². The molecule has 0 unspecified atom stereocenters. The zero-order valence-electron chi connectivity index (χ0n) is 15.5. The summed E-state index contributed by atoms with van der Waals surface area (Å²) in [4.78, 5) is 49.0. The third-order valence-corrected chi connectivity index (χ3v) is 3.96. The minimum Gasteiger partial charge on any atom is -0.454 e. The predicted molar refractivity (Wildman–Crippen MR) is 91.6 cm³/mol. The Kier molecular flexibility index (Phi) is 7.86. The van der Waals surface area contributed by atoms with Gasteiger partial charge in [0.2, 0.25) is 0 Å². The number of hydrogen-bond acceptors (Lipinski definition) is 5. The molecule has 8 heteroatoms. The number of nitrogens with zero attached hydrogens (tertiary/aromatic N) is 1. The summed E-state index contributed by atoms with van der Waals surface area (Å²) < 4.78 is 4.86. The smallest absolute Gasteiger partial charge is 0.326 e. The normalized spacial score (nSPS) is 16.1. The zero-order valence-corrected chi connectivity index (χ0v) is 15.5. The molecule has 8 nitrogen and oxygen atoms in total. The highest BCUT2D eigenvalue weighted by Gasteiger charge is 2.50. The van der Waals surface area contributed by atoms with Gasteiger partial charge in [-0.05, 0) is 18.8 Å². The van der Waals surface area contributed by atoms with Crippen molar-refractivity contribution in [3.63, 3.8) is 0 Å². The molecule has 4 amide bonds. The lowest BCUT2D eigenvalue weighted by Gasteiger charge is -2.25. The molecular weight excluding hydrogens is 326 g/mol. The fourth-order valence-corrected chi connectivity index (χ4v) is 2.83. The van der Waals surface area contributed by atoms with E-state index < -0.39 is 42.5 Å². The van der Waals surface area contributed by atoms with Crippen LogP contribution in [0.3, 0.4) is 0 Å². The molecule has 1 saturated heterocycles. The largest absolute Gasteiger partial charge is 0.454 e. The fourth-order valence-electron chi connectivity index (χ4n) is 2.83. The number of ether oxygens (including phenoxy) is 1. The quantitative estimate of drug-likeness (QED) is 0.452. The van der Waals surface area contributed by atoms with Gasteiger partial charge in [-0.1, -0.05) is 40.5 Å². The molecule has 1 aliphatic heterocycles. The van der Waals surface area contributed by atoms with Crippen molar-refractivity contribution in [1.29, 1.82) is 0 Å². The maximum atomic E-state index is 12.6. The molecule has 1 aliphatic rings. The molecule has 1 heterocycles. The first-order chi connectivity index (χ1) is 11.8. The number of esters is 1. The van der Waals surface area contributed by atoms with Crippen molar-refractivity contribution in [1.82, 2.24) is 15.5 Å². The second kappa shape index (κ2) is 9.39. The van der Waals surface area contributed by atoms with Crippen LogP contribution in [0.15, 0.2) is 0 Å². The van der Waals surface area contributed by atoms with E-state index in [9.17, 15) is 19.2 Å². The van der Waals surface area contributed by atoms with Gasteiger partial charge in [-0.15, -0.1) is 0 Å². The SMILES string of the molecule is CCCC1(CCC)NC(=O)N(CC(=O)OCC(=O)NCC(C)C)C1=O. The predicted octanol–water partition coefficient (Wildman–Crippen LogP) is 1.19. The van der Waals surface area contributed by atoms with Crippen LogP contribution in [0.2, 0.25) is 0 Å². The summed E-state index contributed by atoms with van der Waals surface area (Å²) in [6.45, 7) is 7.33. The standard InChI is InChI=1S/C17H29N3O5/c1-5-7-17(8-6-2)15(23)20(16(24)19-17)10-14(22)25-11-13(21)18-9-12(3)4/h12H,5-11H2,1-4H3,(H,18,21)(H,19,24). The van der Waals surface area contributed by atoms with Crippen LogP contribution in [-0.4, -0.2) is 54.0 Å². The number of carbonyl (C=O) groups is 4. The molecule has 0 spiro atoms. The van der Waals surface area contributed by atoms with Crippen LogP contribution in [0.25, 0.3) is 0 Å². The van der Waals surface area contributed by atoms with Crippen molar-refractivity contribution in [2.45, 2.75) is 58.9 Å². The van der Waals surface area contributed by atoms with Crippen LogP contribution in [0.4, 0.5) is 4.79 Å². The summed E-state index contributed by atoms with van der Waals surface area (Å²) in [5.41, 5.74) is -0.935. The first-order valence-electron chi connectivity index (χ1n) is 8.82. The summed E-state index contributed by atoms with van der Waals surface area (Å²) in [7, 11) is 0. The van der Waals surface area contributed by atoms with E-state index in [2.05, 4.69) is 10.6 Å². The van der Waals surface area contributed by atoms with Gasteiger partial charge >= 0.3 is 12.0 Å². The van der Waals surface area contributed by atoms with Crippen molar-refractivity contribution < 1.29 is 23.9 Å². The lowest BCUT2D eigenvalue weighted by Crippen LogP contribution is -2.47. The summed E-state index contributed by atoms with van der Waals surface area (Å²) in [5.74, 6) is -1.31. The Labute approximate surface area is 148 Å². The Morgan fingerprint density at radius 2 is 1.80 bits per heavy atom. The molecule has 0 aromatic heterocycles. The van der Waals surface area contributed by atoms with E-state index in [0.717, 1.165) is 17.7 Å². The Bertz CT molecular complexity index is 512. The van der Waals surface area contributed by atoms with Crippen molar-refractivity contribution in [3.8, 4) is 0 Å². The second-order valence-electron chi connectivity index (χ2n) is 6.76. The minimum atomic E-state index is -0.935. The van der Waals surface area contributed by atoms with E-state index in [4.69, 9.17) is 4.74 Å². The second-order valence-corrected chi connectivity index (χ2v) is 6.76. The molecule has 0 atom stereocenters. The Balaban J connectivity index is 2.58. The van der Waals surface area contributed by atoms with Gasteiger partial charge in [0, 0.05) is 6.54 Å². The molecule has 0 aliphatic carbocycles. The van der Waals surface area contributed by atoms with Gasteiger partial charge in [0.25, 0.3) is 11.8 Å². The first-order valence-corrected chi connectivity index (χ1v) is 8.82. The molecule has 1 rings (SSSR count). The molecule has 1 fully saturated rings. The van der Waals surface area contributed by atoms with Crippen molar-refractivity contribution >= 4 is 23.8 Å². The maximum Gasteiger partial charge on any atom is 0.326 e. The molecule has 0 bridgehead atoms. The molecule has 0 radical (unpaired) electrons. The number of urea groups is 1. The highest BCUT2D eigenvalue weighted by Crippen LogP contribution is 2.27. The van der Waals surface area contributed by atoms with E-state index in [1.807, 2.05) is 27.7 Å². The van der Waals surface area contributed by atoms with Crippen molar-refractivity contribution in [2.75, 3.05) is 19.7 Å². The highest BCUT2D eigenvalue weighted by atomic mass is 16.5. The van der Waals surface area contributed by atoms with E-state index >= 15 is 0 Å². The van der Waals surface area contributed by atoms with Crippen LogP contribution >= 0.6 is 0 Å². The van der Waals surface area contributed by atoms with Gasteiger partial charge in [0.15, 0.2) is 6.61 Å². The summed E-state index contributed by atoms with van der Waals surface area (Å²) in [6, 6.07) is -0.590. The topological polar surface area (TPSA) is 105 Å². The number of rotatable bonds is 10. The minimum absolute atomic E-state index is 0.288. The molecule has 2 N–H and O–H groups in total. The number of nitrogens with one attached hydrogen (secondary N) is 2. The van der Waals surface area contributed by atoms with Gasteiger partial charge in [-0.25, -0.2) is 4.79 Å². The van der Waals surface area contributed by atoms with Crippen molar-refractivity contribution in [2.24, 2.45) is 5.92 Å². The van der Waals surface area contributed by atoms with E-state index in [0.29, 0.717) is 19.4 Å². The summed E-state index contributed by atoms with van der Waals surface area (Å²) in [6.07, 6.45) is 2.52. The third-order valence-electron chi connectivity index (χ3n) is 3.96. The molecule has 25 heavy (non-hydrogen) atoms. The monoisotopic (exact) mass is 355 g/mol. The Hall–Kier alpha value is -2.12. The van der Waals surface area contributed by atoms with Gasteiger partial charge in [0.05, 0.1) is 0 Å². The van der Waals surface area contributed by atoms with E-state index in [1.54, 1.807) is 0 Å². The zero-order chi connectivity index (χ0) is 19.0. The van der Waals surface area contributed by atoms with Crippen LogP contribution in [0, 0.1) is 5.92 Å². The lowest BCUT2D eigenvalue weighted by atomic mass is 9.88. The number of imide groups is 1. The highest BCUT2D eigenvalue weighted by molar-refractivity contribution is 6.08. The first kappa shape index (κ1) is 20.9. The fraction of sp³-hybridized carbons (Fsp3) is 0.765. The number of amides is 4. The van der Waals surface area contributed by atoms with Gasteiger partial charge in [-0.2, -0.15) is 0 Å². The Morgan fingerprint density at radius 1 is 1.20 bits per heavy atom. The van der Waals surface area contributed by atoms with Crippen molar-refractivity contribution in [3.05, 3.63) is 0 Å². The molecular formula is C17H29N3O5. The molecule has 142 valence electrons.